The Hall–Kier alpha value is -1.89. The van der Waals surface area contributed by atoms with E-state index in [0.717, 1.165) is 28.5 Å². The monoisotopic (exact) mass is 224 g/mol. The van der Waals surface area contributed by atoms with Crippen molar-refractivity contribution < 1.29 is 4.79 Å². The van der Waals surface area contributed by atoms with E-state index < -0.39 is 0 Å². The van der Waals surface area contributed by atoms with Crippen molar-refractivity contribution in [3.63, 3.8) is 0 Å². The van der Waals surface area contributed by atoms with Gasteiger partial charge in [-0.3, -0.25) is 4.79 Å². The average Bonchev–Trinajstić information content (AvgIpc) is 2.36. The van der Waals surface area contributed by atoms with E-state index in [-0.39, 0.29) is 0 Å². The minimum Gasteiger partial charge on any atom is -0.298 e. The van der Waals surface area contributed by atoms with Gasteiger partial charge in [0.1, 0.15) is 0 Å². The van der Waals surface area contributed by atoms with E-state index in [1.54, 1.807) is 0 Å². The number of hydrogen-bond donors (Lipinski definition) is 0. The van der Waals surface area contributed by atoms with Crippen LogP contribution in [-0.4, -0.2) is 6.29 Å². The molecule has 2 rings (SSSR count). The van der Waals surface area contributed by atoms with Crippen LogP contribution in [0.1, 0.15) is 27.0 Å². The second-order valence-corrected chi connectivity index (χ2v) is 4.39. The van der Waals surface area contributed by atoms with Gasteiger partial charge in [-0.15, -0.1) is 0 Å². The standard InChI is InChI=1S/C16H16O/c1-11-9-15(14-7-5-4-6-8-14)16(10-17)13(3)12(11)2/h4-10H,1-3H3. The number of aryl methyl sites for hydroxylation is 1. The van der Waals surface area contributed by atoms with Crippen LogP contribution < -0.4 is 0 Å². The Bertz CT molecular complexity index is 553. The molecule has 0 heterocycles. The lowest BCUT2D eigenvalue weighted by atomic mass is 9.91. The molecule has 0 aliphatic carbocycles. The summed E-state index contributed by atoms with van der Waals surface area (Å²) in [6.45, 7) is 6.16. The molecule has 17 heavy (non-hydrogen) atoms. The van der Waals surface area contributed by atoms with Gasteiger partial charge in [0.25, 0.3) is 0 Å². The van der Waals surface area contributed by atoms with Gasteiger partial charge >= 0.3 is 0 Å². The van der Waals surface area contributed by atoms with Crippen molar-refractivity contribution in [3.05, 3.63) is 58.7 Å². The van der Waals surface area contributed by atoms with Crippen LogP contribution in [0.3, 0.4) is 0 Å². The zero-order chi connectivity index (χ0) is 12.4. The fraction of sp³-hybridized carbons (Fsp3) is 0.188. The Balaban J connectivity index is 2.74. The highest BCUT2D eigenvalue weighted by atomic mass is 16.1. The third kappa shape index (κ3) is 2.01. The minimum absolute atomic E-state index is 0.805. The smallest absolute Gasteiger partial charge is 0.150 e. The predicted octanol–water partition coefficient (Wildman–Crippen LogP) is 4.09. The van der Waals surface area contributed by atoms with Crippen molar-refractivity contribution >= 4 is 6.29 Å². The van der Waals surface area contributed by atoms with Crippen LogP contribution in [0.15, 0.2) is 36.4 Å². The van der Waals surface area contributed by atoms with Crippen molar-refractivity contribution in [3.8, 4) is 11.1 Å². The molecular weight excluding hydrogens is 208 g/mol. The zero-order valence-corrected chi connectivity index (χ0v) is 10.4. The fourth-order valence-corrected chi connectivity index (χ4v) is 2.11. The van der Waals surface area contributed by atoms with Gasteiger partial charge in [-0.25, -0.2) is 0 Å². The second-order valence-electron chi connectivity index (χ2n) is 4.39. The van der Waals surface area contributed by atoms with Crippen molar-refractivity contribution in [1.29, 1.82) is 0 Å². The van der Waals surface area contributed by atoms with Gasteiger partial charge in [-0.1, -0.05) is 36.4 Å². The largest absolute Gasteiger partial charge is 0.298 e. The zero-order valence-electron chi connectivity index (χ0n) is 10.4. The summed E-state index contributed by atoms with van der Waals surface area (Å²) < 4.78 is 0. The van der Waals surface area contributed by atoms with Crippen molar-refractivity contribution in [2.45, 2.75) is 20.8 Å². The molecule has 0 aliphatic rings. The highest BCUT2D eigenvalue weighted by Crippen LogP contribution is 2.28. The van der Waals surface area contributed by atoms with Gasteiger partial charge in [0.15, 0.2) is 6.29 Å². The summed E-state index contributed by atoms with van der Waals surface area (Å²) in [7, 11) is 0. The average molecular weight is 224 g/mol. The Morgan fingerprint density at radius 2 is 1.59 bits per heavy atom. The quantitative estimate of drug-likeness (QED) is 0.702. The number of hydrogen-bond acceptors (Lipinski definition) is 1. The molecule has 1 nitrogen and oxygen atoms in total. The summed E-state index contributed by atoms with van der Waals surface area (Å²) >= 11 is 0. The van der Waals surface area contributed by atoms with Crippen LogP contribution in [0.25, 0.3) is 11.1 Å². The number of carbonyl (C=O) groups excluding carboxylic acids is 1. The van der Waals surface area contributed by atoms with Crippen LogP contribution in [0.4, 0.5) is 0 Å². The van der Waals surface area contributed by atoms with Crippen molar-refractivity contribution in [2.24, 2.45) is 0 Å². The van der Waals surface area contributed by atoms with Crippen LogP contribution in [0.5, 0.6) is 0 Å². The van der Waals surface area contributed by atoms with Crippen LogP contribution in [-0.2, 0) is 0 Å². The van der Waals surface area contributed by atoms with E-state index in [9.17, 15) is 4.79 Å². The summed E-state index contributed by atoms with van der Waals surface area (Å²) in [5.74, 6) is 0. The molecular formula is C16H16O. The number of benzene rings is 2. The van der Waals surface area contributed by atoms with Crippen LogP contribution >= 0.6 is 0 Å². The summed E-state index contributed by atoms with van der Waals surface area (Å²) in [4.78, 5) is 11.3. The molecule has 0 spiro atoms. The van der Waals surface area contributed by atoms with Gasteiger partial charge in [-0.05, 0) is 48.6 Å². The molecule has 0 N–H and O–H groups in total. The first-order chi connectivity index (χ1) is 8.15. The van der Waals surface area contributed by atoms with Crippen molar-refractivity contribution in [1.82, 2.24) is 0 Å². The molecule has 0 amide bonds. The van der Waals surface area contributed by atoms with Crippen LogP contribution in [0, 0.1) is 20.8 Å². The SMILES string of the molecule is Cc1cc(-c2ccccc2)c(C=O)c(C)c1C. The van der Waals surface area contributed by atoms with Crippen LogP contribution in [0.2, 0.25) is 0 Å². The van der Waals surface area contributed by atoms with Gasteiger partial charge < -0.3 is 0 Å². The van der Waals surface area contributed by atoms with E-state index in [0.29, 0.717) is 0 Å². The molecule has 2 aromatic carbocycles. The fourth-order valence-electron chi connectivity index (χ4n) is 2.11. The lowest BCUT2D eigenvalue weighted by Crippen LogP contribution is -1.97. The summed E-state index contributed by atoms with van der Waals surface area (Å²) in [5, 5.41) is 0. The summed E-state index contributed by atoms with van der Waals surface area (Å²) in [6, 6.07) is 12.1. The number of aldehydes is 1. The minimum atomic E-state index is 0.805. The number of carbonyl (C=O) groups is 1. The molecule has 0 saturated carbocycles. The van der Waals surface area contributed by atoms with E-state index in [1.807, 2.05) is 37.3 Å². The van der Waals surface area contributed by atoms with E-state index in [4.69, 9.17) is 0 Å². The Morgan fingerprint density at radius 1 is 0.941 bits per heavy atom. The van der Waals surface area contributed by atoms with E-state index in [1.165, 1.54) is 11.1 Å². The molecule has 0 unspecified atom stereocenters. The topological polar surface area (TPSA) is 17.1 Å². The first-order valence-corrected chi connectivity index (χ1v) is 5.76. The Morgan fingerprint density at radius 3 is 2.18 bits per heavy atom. The molecule has 0 radical (unpaired) electrons. The van der Waals surface area contributed by atoms with E-state index in [2.05, 4.69) is 19.9 Å². The van der Waals surface area contributed by atoms with Crippen molar-refractivity contribution in [2.75, 3.05) is 0 Å². The van der Waals surface area contributed by atoms with Gasteiger partial charge in [0, 0.05) is 5.56 Å². The third-order valence-corrected chi connectivity index (χ3v) is 3.41. The molecule has 0 aliphatic heterocycles. The second kappa shape index (κ2) is 4.54. The lowest BCUT2D eigenvalue weighted by molar-refractivity contribution is 0.112. The molecule has 86 valence electrons. The highest BCUT2D eigenvalue weighted by molar-refractivity contribution is 5.90. The molecule has 1 heteroatoms. The van der Waals surface area contributed by atoms with Gasteiger partial charge in [0.05, 0.1) is 0 Å². The molecule has 0 fully saturated rings. The maximum atomic E-state index is 11.3. The lowest BCUT2D eigenvalue weighted by Gasteiger charge is -2.13. The van der Waals surface area contributed by atoms with E-state index >= 15 is 0 Å². The predicted molar refractivity (Wildman–Crippen MR) is 71.5 cm³/mol. The maximum Gasteiger partial charge on any atom is 0.150 e. The summed E-state index contributed by atoms with van der Waals surface area (Å²) in [5.41, 5.74) is 6.44. The highest BCUT2D eigenvalue weighted by Gasteiger charge is 2.11. The van der Waals surface area contributed by atoms with Gasteiger partial charge in [-0.2, -0.15) is 0 Å². The first-order valence-electron chi connectivity index (χ1n) is 5.76. The molecule has 0 aromatic heterocycles. The Kier molecular flexibility index (Phi) is 3.10. The molecule has 0 bridgehead atoms. The summed E-state index contributed by atoms with van der Waals surface area (Å²) in [6.07, 6.45) is 0.962. The molecule has 0 atom stereocenters. The number of rotatable bonds is 2. The van der Waals surface area contributed by atoms with Gasteiger partial charge in [0.2, 0.25) is 0 Å². The molecule has 0 saturated heterocycles. The normalized spacial score (nSPS) is 10.3. The third-order valence-electron chi connectivity index (χ3n) is 3.41. The first kappa shape index (κ1) is 11.6. The Labute approximate surface area is 102 Å². The maximum absolute atomic E-state index is 11.3. The molecule has 2 aromatic rings.